The molecule has 4 rings (SSSR count). The quantitative estimate of drug-likeness (QED) is 0.612. The average molecular weight is 542 g/mol. The maximum Gasteiger partial charge on any atom is 0.490 e. The van der Waals surface area contributed by atoms with Crippen molar-refractivity contribution >= 4 is 50.6 Å². The molecule has 0 saturated carbocycles. The Labute approximate surface area is 203 Å². The molecule has 2 aliphatic rings. The second-order valence-corrected chi connectivity index (χ2v) is 9.76. The van der Waals surface area contributed by atoms with E-state index in [2.05, 4.69) is 10.2 Å². The van der Waals surface area contributed by atoms with Gasteiger partial charge < -0.3 is 20.1 Å². The Morgan fingerprint density at radius 3 is 2.24 bits per heavy atom. The van der Waals surface area contributed by atoms with Crippen LogP contribution < -0.4 is 19.3 Å². The van der Waals surface area contributed by atoms with E-state index in [9.17, 15) is 21.6 Å². The van der Waals surface area contributed by atoms with Crippen LogP contribution in [0.2, 0.25) is 10.0 Å². The average Bonchev–Trinajstić information content (AvgIpc) is 2.80. The lowest BCUT2D eigenvalue weighted by Crippen LogP contribution is -2.44. The summed E-state index contributed by atoms with van der Waals surface area (Å²) in [5.74, 6) is -2.17. The lowest BCUT2D eigenvalue weighted by Gasteiger charge is -2.36. The van der Waals surface area contributed by atoms with Gasteiger partial charge in [-0.3, -0.25) is 4.31 Å². The third-order valence-corrected chi connectivity index (χ3v) is 7.75. The molecule has 2 N–H and O–H groups in total. The summed E-state index contributed by atoms with van der Waals surface area (Å²) in [7, 11) is -3.87. The second kappa shape index (κ2) is 10.5. The van der Waals surface area contributed by atoms with Gasteiger partial charge in [0.25, 0.3) is 10.0 Å². The van der Waals surface area contributed by atoms with Gasteiger partial charge in [-0.1, -0.05) is 35.3 Å². The van der Waals surface area contributed by atoms with Crippen molar-refractivity contribution < 1.29 is 36.2 Å². The highest BCUT2D eigenvalue weighted by Gasteiger charge is 2.38. The van der Waals surface area contributed by atoms with E-state index >= 15 is 0 Å². The normalized spacial score (nSPS) is 16.1. The van der Waals surface area contributed by atoms with Crippen molar-refractivity contribution in [3.63, 3.8) is 0 Å². The van der Waals surface area contributed by atoms with Crippen LogP contribution >= 0.6 is 23.2 Å². The number of fused-ring (bicyclic) bond motifs is 1. The molecule has 1 saturated heterocycles. The van der Waals surface area contributed by atoms with Crippen LogP contribution in [0.3, 0.4) is 0 Å². The van der Waals surface area contributed by atoms with Crippen molar-refractivity contribution in [1.29, 1.82) is 0 Å². The number of para-hydroxylation sites is 1. The van der Waals surface area contributed by atoms with E-state index in [0.29, 0.717) is 11.4 Å². The SMILES string of the molecule is O=C(O)C(F)(F)F.O=S(=O)(c1cccc(Cl)c1Cl)N1CCOc2c(N3CCNCC3)cccc21. The van der Waals surface area contributed by atoms with Crippen molar-refractivity contribution in [3.05, 3.63) is 46.4 Å². The van der Waals surface area contributed by atoms with Crippen LogP contribution in [-0.4, -0.2) is 65.0 Å². The van der Waals surface area contributed by atoms with E-state index in [0.717, 1.165) is 31.9 Å². The molecule has 34 heavy (non-hydrogen) atoms. The number of hydrogen-bond donors (Lipinski definition) is 2. The number of rotatable bonds is 3. The second-order valence-electron chi connectivity index (χ2n) is 7.14. The van der Waals surface area contributed by atoms with Gasteiger partial charge in [-0.25, -0.2) is 13.2 Å². The summed E-state index contributed by atoms with van der Waals surface area (Å²) in [5, 5.41) is 10.7. The predicted molar refractivity (Wildman–Crippen MR) is 122 cm³/mol. The molecule has 0 radical (unpaired) electrons. The Balaban J connectivity index is 0.000000406. The standard InChI is InChI=1S/C18H19Cl2N3O3S.C2HF3O2/c19-13-3-1-6-16(17(13)20)27(24,25)23-11-12-26-18-14(4-2-5-15(18)23)22-9-7-21-8-10-22;3-2(4,5)1(6)7/h1-6,21H,7-12H2;(H,6,7). The Bertz CT molecular complexity index is 1160. The number of carboxylic acid groups (broad SMARTS) is 1. The molecule has 0 bridgehead atoms. The van der Waals surface area contributed by atoms with Gasteiger partial charge in [0.1, 0.15) is 11.5 Å². The van der Waals surface area contributed by atoms with Crippen LogP contribution in [0.15, 0.2) is 41.3 Å². The number of sulfonamides is 1. The zero-order valence-electron chi connectivity index (χ0n) is 17.5. The molecule has 8 nitrogen and oxygen atoms in total. The maximum absolute atomic E-state index is 13.3. The summed E-state index contributed by atoms with van der Waals surface area (Å²) in [6.45, 7) is 3.92. The van der Waals surface area contributed by atoms with Gasteiger partial charge in [0.2, 0.25) is 0 Å². The summed E-state index contributed by atoms with van der Waals surface area (Å²) in [4.78, 5) is 11.1. The third-order valence-electron chi connectivity index (χ3n) is 4.97. The molecule has 0 aromatic heterocycles. The van der Waals surface area contributed by atoms with E-state index in [-0.39, 0.29) is 28.1 Å². The number of carboxylic acids is 1. The van der Waals surface area contributed by atoms with Gasteiger partial charge in [0.15, 0.2) is 5.75 Å². The first-order valence-corrected chi connectivity index (χ1v) is 12.1. The molecule has 2 aromatic carbocycles. The molecule has 2 aromatic rings. The lowest BCUT2D eigenvalue weighted by atomic mass is 10.2. The van der Waals surface area contributed by atoms with Crippen molar-refractivity contribution in [2.45, 2.75) is 11.1 Å². The first kappa shape index (κ1) is 26.2. The highest BCUT2D eigenvalue weighted by molar-refractivity contribution is 7.93. The number of piperazine rings is 1. The molecule has 186 valence electrons. The number of aliphatic carboxylic acids is 1. The zero-order chi connectivity index (χ0) is 25.1. The number of halogens is 5. The van der Waals surface area contributed by atoms with Gasteiger partial charge >= 0.3 is 12.1 Å². The predicted octanol–water partition coefficient (Wildman–Crippen LogP) is 3.62. The number of ether oxygens (including phenoxy) is 1. The van der Waals surface area contributed by atoms with Crippen LogP contribution in [0.4, 0.5) is 24.5 Å². The third kappa shape index (κ3) is 5.62. The Morgan fingerprint density at radius 2 is 1.62 bits per heavy atom. The summed E-state index contributed by atoms with van der Waals surface area (Å²) in [6.07, 6.45) is -5.08. The highest BCUT2D eigenvalue weighted by atomic mass is 35.5. The lowest BCUT2D eigenvalue weighted by molar-refractivity contribution is -0.192. The van der Waals surface area contributed by atoms with E-state index < -0.39 is 22.2 Å². The van der Waals surface area contributed by atoms with Crippen molar-refractivity contribution in [2.24, 2.45) is 0 Å². The van der Waals surface area contributed by atoms with Gasteiger partial charge in [-0.15, -0.1) is 0 Å². The topological polar surface area (TPSA) is 99.2 Å². The summed E-state index contributed by atoms with van der Waals surface area (Å²) < 4.78 is 65.6. The Kier molecular flexibility index (Phi) is 8.06. The van der Waals surface area contributed by atoms with Crippen LogP contribution in [0.25, 0.3) is 0 Å². The minimum atomic E-state index is -5.08. The van der Waals surface area contributed by atoms with E-state index in [1.807, 2.05) is 12.1 Å². The number of carbonyl (C=O) groups is 1. The van der Waals surface area contributed by atoms with Gasteiger partial charge in [0, 0.05) is 26.2 Å². The van der Waals surface area contributed by atoms with E-state index in [1.165, 1.54) is 10.4 Å². The highest BCUT2D eigenvalue weighted by Crippen LogP contribution is 2.43. The monoisotopic (exact) mass is 541 g/mol. The number of nitrogens with zero attached hydrogens (tertiary/aromatic N) is 2. The molecule has 0 unspecified atom stereocenters. The molecule has 0 amide bonds. The number of benzene rings is 2. The Hall–Kier alpha value is -2.41. The number of nitrogens with one attached hydrogen (secondary N) is 1. The summed E-state index contributed by atoms with van der Waals surface area (Å²) in [5.41, 5.74) is 1.43. The van der Waals surface area contributed by atoms with Crippen LogP contribution in [0.5, 0.6) is 5.75 Å². The fourth-order valence-corrected chi connectivity index (χ4v) is 5.61. The van der Waals surface area contributed by atoms with Gasteiger partial charge in [-0.05, 0) is 24.3 Å². The molecule has 2 aliphatic heterocycles. The molecule has 0 spiro atoms. The smallest absolute Gasteiger partial charge is 0.487 e. The van der Waals surface area contributed by atoms with Crippen molar-refractivity contribution in [1.82, 2.24) is 5.32 Å². The molecule has 0 atom stereocenters. The molecule has 14 heteroatoms. The fourth-order valence-electron chi connectivity index (χ4n) is 3.41. The van der Waals surface area contributed by atoms with Crippen LogP contribution in [0.1, 0.15) is 0 Å². The summed E-state index contributed by atoms with van der Waals surface area (Å²) >= 11 is 12.2. The van der Waals surface area contributed by atoms with Crippen LogP contribution in [0, 0.1) is 0 Å². The molecule has 1 fully saturated rings. The van der Waals surface area contributed by atoms with Crippen LogP contribution in [-0.2, 0) is 14.8 Å². The van der Waals surface area contributed by atoms with Crippen molar-refractivity contribution in [3.8, 4) is 5.75 Å². The van der Waals surface area contributed by atoms with E-state index in [1.54, 1.807) is 18.2 Å². The molecular weight excluding hydrogens is 522 g/mol. The number of alkyl halides is 3. The van der Waals surface area contributed by atoms with Gasteiger partial charge in [0.05, 0.1) is 28.0 Å². The van der Waals surface area contributed by atoms with Gasteiger partial charge in [-0.2, -0.15) is 13.2 Å². The zero-order valence-corrected chi connectivity index (χ0v) is 19.8. The summed E-state index contributed by atoms with van der Waals surface area (Å²) in [6, 6.07) is 10.2. The number of anilines is 2. The number of hydrogen-bond acceptors (Lipinski definition) is 6. The minimum absolute atomic E-state index is 0.00269. The molecule has 2 heterocycles. The van der Waals surface area contributed by atoms with E-state index in [4.69, 9.17) is 37.8 Å². The minimum Gasteiger partial charge on any atom is -0.487 e. The van der Waals surface area contributed by atoms with Crippen molar-refractivity contribution in [2.75, 3.05) is 48.5 Å². The Morgan fingerprint density at radius 1 is 1.03 bits per heavy atom. The largest absolute Gasteiger partial charge is 0.490 e. The maximum atomic E-state index is 13.3. The molecule has 0 aliphatic carbocycles. The molecular formula is C20H20Cl2F3N3O5S. The fraction of sp³-hybridized carbons (Fsp3) is 0.350. The first-order chi connectivity index (χ1) is 15.9. The first-order valence-electron chi connectivity index (χ1n) is 9.93.